The zero-order valence-corrected chi connectivity index (χ0v) is 20.8. The van der Waals surface area contributed by atoms with Crippen LogP contribution >= 0.6 is 35.3 Å². The first-order chi connectivity index (χ1) is 14.7. The lowest BCUT2D eigenvalue weighted by molar-refractivity contribution is -0.122. The first kappa shape index (κ1) is 23.6. The van der Waals surface area contributed by atoms with Crippen molar-refractivity contribution in [2.45, 2.75) is 27.2 Å². The maximum absolute atomic E-state index is 12.8. The van der Waals surface area contributed by atoms with Crippen LogP contribution in [-0.2, 0) is 9.59 Å². The van der Waals surface area contributed by atoms with Crippen molar-refractivity contribution in [2.24, 2.45) is 0 Å². The predicted molar refractivity (Wildman–Crippen MR) is 134 cm³/mol. The fraction of sp³-hybridized carbons (Fsp3) is 0.364. The van der Waals surface area contributed by atoms with Crippen molar-refractivity contribution >= 4 is 68.3 Å². The van der Waals surface area contributed by atoms with Gasteiger partial charge in [-0.1, -0.05) is 30.0 Å². The van der Waals surface area contributed by atoms with Crippen LogP contribution in [0.3, 0.4) is 0 Å². The summed E-state index contributed by atoms with van der Waals surface area (Å²) < 4.78 is 0.575. The van der Waals surface area contributed by atoms with Crippen LogP contribution < -0.4 is 4.90 Å². The van der Waals surface area contributed by atoms with E-state index in [2.05, 4.69) is 9.88 Å². The van der Waals surface area contributed by atoms with Crippen molar-refractivity contribution in [3.63, 3.8) is 0 Å². The highest BCUT2D eigenvalue weighted by Gasteiger charge is 2.31. The van der Waals surface area contributed by atoms with Gasteiger partial charge in [-0.3, -0.25) is 19.4 Å². The highest BCUT2D eigenvalue weighted by Crippen LogP contribution is 2.35. The van der Waals surface area contributed by atoms with Crippen molar-refractivity contribution in [2.75, 3.05) is 32.1 Å². The summed E-state index contributed by atoms with van der Waals surface area (Å²) in [5.74, 6) is -0.197. The summed E-state index contributed by atoms with van der Waals surface area (Å²) in [5, 5.41) is 2.42. The molecule has 1 aromatic carbocycles. The summed E-state index contributed by atoms with van der Waals surface area (Å²) in [5.41, 5.74) is 3.70. The van der Waals surface area contributed by atoms with Crippen LogP contribution in [0.5, 0.6) is 0 Å². The molecule has 0 bridgehead atoms. The van der Waals surface area contributed by atoms with Crippen LogP contribution in [-0.4, -0.2) is 58.1 Å². The van der Waals surface area contributed by atoms with Gasteiger partial charge in [0.1, 0.15) is 4.32 Å². The fourth-order valence-corrected chi connectivity index (χ4v) is 5.25. The van der Waals surface area contributed by atoms with E-state index in [0.717, 1.165) is 24.2 Å². The standard InChI is InChI=1S/C22H26N4O2S3/c1-14-7-8-18(11-15(14)2)26(16(3)27)21-23-17(13-30-21)12-19-20(28)25(22(29)31-19)10-6-9-24(4)5/h7-8,11-13H,6,9-10H2,1-5H3/b19-12-. The topological polar surface area (TPSA) is 56.8 Å². The molecule has 1 aliphatic heterocycles. The Morgan fingerprint density at radius 1 is 1.26 bits per heavy atom. The second-order valence-corrected chi connectivity index (χ2v) is 10.2. The largest absolute Gasteiger partial charge is 0.309 e. The van der Waals surface area contributed by atoms with Gasteiger partial charge in [0.05, 0.1) is 16.3 Å². The molecule has 0 aliphatic carbocycles. The second kappa shape index (κ2) is 10.0. The number of carbonyl (C=O) groups is 2. The number of thiazole rings is 1. The number of amides is 2. The number of anilines is 2. The molecule has 6 nitrogen and oxygen atoms in total. The lowest BCUT2D eigenvalue weighted by Gasteiger charge is -2.19. The number of aromatic nitrogens is 1. The Kier molecular flexibility index (Phi) is 7.64. The number of carbonyl (C=O) groups excluding carboxylic acids is 2. The third-order valence-corrected chi connectivity index (χ3v) is 7.13. The molecule has 2 aromatic rings. The van der Waals surface area contributed by atoms with Crippen LogP contribution in [0, 0.1) is 13.8 Å². The average molecular weight is 475 g/mol. The number of rotatable bonds is 7. The normalized spacial score (nSPS) is 15.4. The molecule has 0 unspecified atom stereocenters. The van der Waals surface area contributed by atoms with Crippen LogP contribution in [0.4, 0.5) is 10.8 Å². The molecular formula is C22H26N4O2S3. The molecule has 3 rings (SSSR count). The summed E-state index contributed by atoms with van der Waals surface area (Å²) in [6.07, 6.45) is 2.61. The molecule has 0 saturated carbocycles. The third kappa shape index (κ3) is 5.60. The molecule has 0 N–H and O–H groups in total. The number of hydrogen-bond acceptors (Lipinski definition) is 7. The Morgan fingerprint density at radius 2 is 2.00 bits per heavy atom. The van der Waals surface area contributed by atoms with Crippen molar-refractivity contribution in [3.8, 4) is 0 Å². The van der Waals surface area contributed by atoms with Crippen LogP contribution in [0.25, 0.3) is 6.08 Å². The Morgan fingerprint density at radius 3 is 2.65 bits per heavy atom. The van der Waals surface area contributed by atoms with E-state index in [1.165, 1.54) is 35.6 Å². The Bertz CT molecular complexity index is 1050. The molecule has 9 heteroatoms. The molecule has 2 amide bonds. The highest BCUT2D eigenvalue weighted by molar-refractivity contribution is 8.26. The minimum Gasteiger partial charge on any atom is -0.309 e. The maximum Gasteiger partial charge on any atom is 0.266 e. The second-order valence-electron chi connectivity index (χ2n) is 7.67. The maximum atomic E-state index is 12.8. The van der Waals surface area contributed by atoms with Gasteiger partial charge < -0.3 is 4.90 Å². The number of aryl methyl sites for hydroxylation is 2. The Hall–Kier alpha value is -2.07. The molecule has 0 spiro atoms. The first-order valence-electron chi connectivity index (χ1n) is 9.91. The number of benzene rings is 1. The molecule has 1 aliphatic rings. The fourth-order valence-electron chi connectivity index (χ4n) is 3.11. The molecule has 31 heavy (non-hydrogen) atoms. The predicted octanol–water partition coefficient (Wildman–Crippen LogP) is 4.60. The van der Waals surface area contributed by atoms with E-state index < -0.39 is 0 Å². The number of thiocarbonyl (C=S) groups is 1. The Labute approximate surface area is 196 Å². The van der Waals surface area contributed by atoms with Gasteiger partial charge in [-0.25, -0.2) is 4.98 Å². The summed E-state index contributed by atoms with van der Waals surface area (Å²) in [6, 6.07) is 5.90. The van der Waals surface area contributed by atoms with E-state index in [1.807, 2.05) is 51.5 Å². The highest BCUT2D eigenvalue weighted by atomic mass is 32.2. The minimum atomic E-state index is -0.114. The molecule has 2 heterocycles. The van der Waals surface area contributed by atoms with Crippen molar-refractivity contribution in [1.29, 1.82) is 0 Å². The molecule has 1 fully saturated rings. The van der Waals surface area contributed by atoms with Gasteiger partial charge in [0.2, 0.25) is 5.91 Å². The molecule has 1 aromatic heterocycles. The molecule has 0 atom stereocenters. The average Bonchev–Trinajstić information content (AvgIpc) is 3.24. The minimum absolute atomic E-state index is 0.0825. The van der Waals surface area contributed by atoms with E-state index in [9.17, 15) is 9.59 Å². The van der Waals surface area contributed by atoms with E-state index >= 15 is 0 Å². The SMILES string of the molecule is CC(=O)N(c1ccc(C)c(C)c1)c1nc(/C=C2\SC(=S)N(CCCN(C)C)C2=O)cs1. The van der Waals surface area contributed by atoms with Gasteiger partial charge in [0.25, 0.3) is 5.91 Å². The summed E-state index contributed by atoms with van der Waals surface area (Å²) >= 11 is 8.07. The van der Waals surface area contributed by atoms with Gasteiger partial charge >= 0.3 is 0 Å². The lowest BCUT2D eigenvalue weighted by Crippen LogP contribution is -2.30. The van der Waals surface area contributed by atoms with Crippen LogP contribution in [0.2, 0.25) is 0 Å². The summed E-state index contributed by atoms with van der Waals surface area (Å²) in [4.78, 5) is 35.7. The lowest BCUT2D eigenvalue weighted by atomic mass is 10.1. The first-order valence-corrected chi connectivity index (χ1v) is 12.0. The van der Waals surface area contributed by atoms with E-state index in [-0.39, 0.29) is 11.8 Å². The number of nitrogens with zero attached hydrogens (tertiary/aromatic N) is 4. The third-order valence-electron chi connectivity index (χ3n) is 4.90. The van der Waals surface area contributed by atoms with Crippen molar-refractivity contribution in [1.82, 2.24) is 14.8 Å². The number of thioether (sulfide) groups is 1. The van der Waals surface area contributed by atoms with Gasteiger partial charge in [0, 0.05) is 18.8 Å². The van der Waals surface area contributed by atoms with Crippen molar-refractivity contribution < 1.29 is 9.59 Å². The number of hydrogen-bond donors (Lipinski definition) is 0. The van der Waals surface area contributed by atoms with Crippen LogP contribution in [0.1, 0.15) is 30.2 Å². The molecular weight excluding hydrogens is 448 g/mol. The zero-order valence-electron chi connectivity index (χ0n) is 18.3. The van der Waals surface area contributed by atoms with Gasteiger partial charge in [-0.15, -0.1) is 11.3 Å². The monoisotopic (exact) mass is 474 g/mol. The molecule has 1 saturated heterocycles. The molecule has 164 valence electrons. The van der Waals surface area contributed by atoms with E-state index in [4.69, 9.17) is 12.2 Å². The summed E-state index contributed by atoms with van der Waals surface area (Å²) in [7, 11) is 4.01. The van der Waals surface area contributed by atoms with Gasteiger partial charge in [0.15, 0.2) is 5.13 Å². The Balaban J connectivity index is 1.80. The van der Waals surface area contributed by atoms with E-state index in [1.54, 1.807) is 15.9 Å². The molecule has 0 radical (unpaired) electrons. The van der Waals surface area contributed by atoms with Gasteiger partial charge in [-0.05, 0) is 70.2 Å². The smallest absolute Gasteiger partial charge is 0.266 e. The quantitative estimate of drug-likeness (QED) is 0.432. The van der Waals surface area contributed by atoms with Crippen molar-refractivity contribution in [3.05, 3.63) is 45.3 Å². The summed E-state index contributed by atoms with van der Waals surface area (Å²) in [6.45, 7) is 7.08. The van der Waals surface area contributed by atoms with Gasteiger partial charge in [-0.2, -0.15) is 0 Å². The zero-order chi connectivity index (χ0) is 22.7. The van der Waals surface area contributed by atoms with Crippen LogP contribution in [0.15, 0.2) is 28.5 Å². The van der Waals surface area contributed by atoms with E-state index in [0.29, 0.717) is 26.6 Å².